The van der Waals surface area contributed by atoms with E-state index in [1.165, 1.54) is 44.9 Å². The van der Waals surface area contributed by atoms with Crippen molar-refractivity contribution in [2.75, 3.05) is 0 Å². The monoisotopic (exact) mass is 242 g/mol. The van der Waals surface area contributed by atoms with E-state index < -0.39 is 8.38 Å². The molecule has 0 saturated heterocycles. The smallest absolute Gasteiger partial charge is 0.168 e. The molecule has 3 heteroatoms. The molecule has 3 fully saturated rings. The fourth-order valence-corrected chi connectivity index (χ4v) is 5.22. The van der Waals surface area contributed by atoms with E-state index in [0.717, 1.165) is 30.1 Å². The van der Waals surface area contributed by atoms with Gasteiger partial charge in [-0.25, -0.2) is 0 Å². The van der Waals surface area contributed by atoms with Gasteiger partial charge in [-0.2, -0.15) is 0 Å². The molecule has 0 aromatic rings. The predicted molar refractivity (Wildman–Crippen MR) is 66.1 cm³/mol. The van der Waals surface area contributed by atoms with Crippen molar-refractivity contribution in [3.8, 4) is 0 Å². The Morgan fingerprint density at radius 2 is 1.50 bits per heavy atom. The van der Waals surface area contributed by atoms with Gasteiger partial charge in [-0.15, -0.1) is 0 Å². The van der Waals surface area contributed by atoms with Crippen molar-refractivity contribution in [3.63, 3.8) is 0 Å². The maximum Gasteiger partial charge on any atom is 0.168 e. The van der Waals surface area contributed by atoms with Crippen LogP contribution in [0.25, 0.3) is 0 Å². The van der Waals surface area contributed by atoms with Crippen LogP contribution in [-0.4, -0.2) is 15.4 Å². The Balaban J connectivity index is 1.44. The molecule has 0 unspecified atom stereocenters. The molecule has 0 bridgehead atoms. The first kappa shape index (κ1) is 11.4. The third-order valence-electron chi connectivity index (χ3n) is 5.45. The van der Waals surface area contributed by atoms with Crippen molar-refractivity contribution in [1.29, 1.82) is 0 Å². The molecule has 2 N–H and O–H groups in total. The van der Waals surface area contributed by atoms with E-state index in [0.29, 0.717) is 0 Å². The quantitative estimate of drug-likeness (QED) is 0.728. The van der Waals surface area contributed by atoms with E-state index in [1.54, 1.807) is 0 Å². The predicted octanol–water partition coefficient (Wildman–Crippen LogP) is 3.42. The summed E-state index contributed by atoms with van der Waals surface area (Å²) in [5, 5.41) is 0. The standard InChI is InChI=1S/C13H23O2P/c14-16(15)12-6-10(7-12)11-8-13(9-11)4-2-1-3-5-13/h10-12,14-15H,1-9H2/t10-,12+. The lowest BCUT2D eigenvalue weighted by Crippen LogP contribution is -2.46. The number of hydrogen-bond donors (Lipinski definition) is 2. The second-order valence-corrected chi connectivity index (χ2v) is 7.81. The Morgan fingerprint density at radius 3 is 2.06 bits per heavy atom. The van der Waals surface area contributed by atoms with Crippen molar-refractivity contribution in [3.05, 3.63) is 0 Å². The minimum atomic E-state index is -1.63. The summed E-state index contributed by atoms with van der Waals surface area (Å²) in [5.41, 5.74) is 1.000. The molecule has 0 aliphatic heterocycles. The molecule has 0 aromatic heterocycles. The summed E-state index contributed by atoms with van der Waals surface area (Å²) in [7, 11) is -1.63. The largest absolute Gasteiger partial charge is 0.350 e. The lowest BCUT2D eigenvalue weighted by Gasteiger charge is -2.56. The maximum absolute atomic E-state index is 9.12. The second-order valence-electron chi connectivity index (χ2n) is 6.43. The van der Waals surface area contributed by atoms with Gasteiger partial charge in [-0.1, -0.05) is 19.3 Å². The topological polar surface area (TPSA) is 40.5 Å². The molecule has 16 heavy (non-hydrogen) atoms. The molecule has 1 spiro atoms. The summed E-state index contributed by atoms with van der Waals surface area (Å²) in [6, 6.07) is 0. The Bertz CT molecular complexity index is 247. The first-order valence-corrected chi connectivity index (χ1v) is 8.17. The van der Waals surface area contributed by atoms with Gasteiger partial charge in [0.2, 0.25) is 0 Å². The van der Waals surface area contributed by atoms with Crippen molar-refractivity contribution in [1.82, 2.24) is 0 Å². The van der Waals surface area contributed by atoms with Crippen LogP contribution in [-0.2, 0) is 0 Å². The van der Waals surface area contributed by atoms with E-state index in [2.05, 4.69) is 0 Å². The molecule has 3 rings (SSSR count). The lowest BCUT2D eigenvalue weighted by atomic mass is 9.51. The van der Waals surface area contributed by atoms with Crippen LogP contribution in [0.2, 0.25) is 0 Å². The SMILES string of the molecule is OP(O)[C@H]1C[C@@H](C2CC3(CCCCC3)C2)C1. The van der Waals surface area contributed by atoms with Crippen molar-refractivity contribution < 1.29 is 9.79 Å². The van der Waals surface area contributed by atoms with E-state index in [9.17, 15) is 0 Å². The average Bonchev–Trinajstić information content (AvgIpc) is 2.13. The second kappa shape index (κ2) is 4.23. The van der Waals surface area contributed by atoms with E-state index in [1.807, 2.05) is 0 Å². The van der Waals surface area contributed by atoms with Crippen molar-refractivity contribution in [2.45, 2.75) is 63.4 Å². The van der Waals surface area contributed by atoms with Crippen LogP contribution in [0.3, 0.4) is 0 Å². The minimum absolute atomic E-state index is 0.253. The molecule has 0 aromatic carbocycles. The Labute approximate surface area is 99.4 Å². The first-order chi connectivity index (χ1) is 7.69. The molecule has 3 aliphatic carbocycles. The van der Waals surface area contributed by atoms with Crippen molar-refractivity contribution >= 4 is 8.38 Å². The van der Waals surface area contributed by atoms with Gasteiger partial charge < -0.3 is 9.79 Å². The highest BCUT2D eigenvalue weighted by Gasteiger charge is 2.50. The molecular formula is C13H23O2P. The van der Waals surface area contributed by atoms with E-state index >= 15 is 0 Å². The number of rotatable bonds is 2. The molecule has 92 valence electrons. The normalized spacial score (nSPS) is 38.4. The van der Waals surface area contributed by atoms with Gasteiger partial charge >= 0.3 is 0 Å². The van der Waals surface area contributed by atoms with Gasteiger partial charge in [0, 0.05) is 5.66 Å². The maximum atomic E-state index is 9.12. The van der Waals surface area contributed by atoms with Gasteiger partial charge in [0.1, 0.15) is 0 Å². The average molecular weight is 242 g/mol. The van der Waals surface area contributed by atoms with Crippen LogP contribution in [0.15, 0.2) is 0 Å². The molecule has 0 radical (unpaired) electrons. The third-order valence-corrected chi connectivity index (χ3v) is 6.52. The Morgan fingerprint density at radius 1 is 0.875 bits per heavy atom. The van der Waals surface area contributed by atoms with Gasteiger partial charge in [0.05, 0.1) is 0 Å². The highest BCUT2D eigenvalue weighted by molar-refractivity contribution is 7.46. The van der Waals surface area contributed by atoms with Crippen LogP contribution < -0.4 is 0 Å². The summed E-state index contributed by atoms with van der Waals surface area (Å²) >= 11 is 0. The summed E-state index contributed by atoms with van der Waals surface area (Å²) in [4.78, 5) is 18.2. The zero-order chi connectivity index (χ0) is 11.2. The van der Waals surface area contributed by atoms with Gasteiger partial charge in [0.15, 0.2) is 8.38 Å². The van der Waals surface area contributed by atoms with Crippen LogP contribution in [0.5, 0.6) is 0 Å². The van der Waals surface area contributed by atoms with Crippen LogP contribution in [0, 0.1) is 17.3 Å². The summed E-state index contributed by atoms with van der Waals surface area (Å²) in [5.74, 6) is 1.77. The van der Waals surface area contributed by atoms with Crippen LogP contribution >= 0.6 is 8.38 Å². The summed E-state index contributed by atoms with van der Waals surface area (Å²) in [6.45, 7) is 0. The molecule has 3 aliphatic rings. The highest BCUT2D eigenvalue weighted by atomic mass is 31.2. The first-order valence-electron chi connectivity index (χ1n) is 6.86. The Hall–Kier alpha value is 0.350. The molecule has 2 nitrogen and oxygen atoms in total. The summed E-state index contributed by atoms with van der Waals surface area (Å²) in [6.07, 6.45) is 12.4. The molecule has 0 atom stereocenters. The van der Waals surface area contributed by atoms with E-state index in [4.69, 9.17) is 9.79 Å². The van der Waals surface area contributed by atoms with Crippen LogP contribution in [0.4, 0.5) is 0 Å². The molecule has 0 amide bonds. The molecular weight excluding hydrogens is 219 g/mol. The highest BCUT2D eigenvalue weighted by Crippen LogP contribution is 2.61. The van der Waals surface area contributed by atoms with E-state index in [-0.39, 0.29) is 5.66 Å². The number of hydrogen-bond acceptors (Lipinski definition) is 2. The summed E-state index contributed by atoms with van der Waals surface area (Å²) < 4.78 is 0. The molecule has 3 saturated carbocycles. The van der Waals surface area contributed by atoms with Gasteiger partial charge in [-0.05, 0) is 55.8 Å². The fraction of sp³-hybridized carbons (Fsp3) is 1.00. The minimum Gasteiger partial charge on any atom is -0.350 e. The van der Waals surface area contributed by atoms with Crippen molar-refractivity contribution in [2.24, 2.45) is 17.3 Å². The third kappa shape index (κ3) is 1.94. The lowest BCUT2D eigenvalue weighted by molar-refractivity contribution is -0.0351. The van der Waals surface area contributed by atoms with Crippen LogP contribution in [0.1, 0.15) is 57.8 Å². The zero-order valence-electron chi connectivity index (χ0n) is 9.94. The molecule has 0 heterocycles. The fourth-order valence-electron chi connectivity index (χ4n) is 4.30. The van der Waals surface area contributed by atoms with Gasteiger partial charge in [-0.3, -0.25) is 0 Å². The van der Waals surface area contributed by atoms with Gasteiger partial charge in [0.25, 0.3) is 0 Å². The Kier molecular flexibility index (Phi) is 3.02. The zero-order valence-corrected chi connectivity index (χ0v) is 10.8.